The lowest BCUT2D eigenvalue weighted by molar-refractivity contribution is 0.0741. The Balaban J connectivity index is 1.73. The summed E-state index contributed by atoms with van der Waals surface area (Å²) in [6, 6.07) is 5.77. The van der Waals surface area contributed by atoms with Crippen LogP contribution in [0.2, 0.25) is 0 Å². The van der Waals surface area contributed by atoms with Gasteiger partial charge in [0.1, 0.15) is 0 Å². The molecule has 0 N–H and O–H groups in total. The summed E-state index contributed by atoms with van der Waals surface area (Å²) in [7, 11) is 0. The van der Waals surface area contributed by atoms with Crippen LogP contribution in [0.4, 0.5) is 0 Å². The van der Waals surface area contributed by atoms with Crippen LogP contribution in [0.1, 0.15) is 25.0 Å². The second-order valence-electron chi connectivity index (χ2n) is 4.50. The topological polar surface area (TPSA) is 69.1 Å². The number of carbonyl (C=O) groups excluding carboxylic acids is 1. The molecule has 0 unspecified atom stereocenters. The Morgan fingerprint density at radius 1 is 1.45 bits per heavy atom. The van der Waals surface area contributed by atoms with E-state index in [2.05, 4.69) is 21.5 Å². The highest BCUT2D eigenvalue weighted by Gasteiger charge is 2.23. The quantitative estimate of drug-likeness (QED) is 0.483. The molecule has 20 heavy (non-hydrogen) atoms. The molecular formula is C13H12N4OS2. The van der Waals surface area contributed by atoms with Gasteiger partial charge in [0.05, 0.1) is 11.4 Å². The van der Waals surface area contributed by atoms with Crippen LogP contribution in [0, 0.1) is 0 Å². The Morgan fingerprint density at radius 3 is 3.20 bits per heavy atom. The van der Waals surface area contributed by atoms with E-state index in [1.54, 1.807) is 11.3 Å². The average Bonchev–Trinajstić information content (AvgIpc) is 3.12. The van der Waals surface area contributed by atoms with Crippen LogP contribution in [-0.2, 0) is 19.5 Å². The molecule has 0 spiro atoms. The van der Waals surface area contributed by atoms with Crippen LogP contribution in [0.25, 0.3) is 10.4 Å². The van der Waals surface area contributed by atoms with Crippen molar-refractivity contribution in [3.8, 4) is 0 Å². The standard InChI is InChI=1S/C13H12N4OS2/c14-16-15-7-10-1-2-12(20-10)13(18)17-5-3-11-9(8-17)4-6-19-11/h1-2,4,6H,3,5,7-8H2. The Kier molecular flexibility index (Phi) is 3.73. The van der Waals surface area contributed by atoms with Gasteiger partial charge in [-0.15, -0.1) is 22.7 Å². The second kappa shape index (κ2) is 5.66. The zero-order chi connectivity index (χ0) is 13.9. The van der Waals surface area contributed by atoms with E-state index in [0.717, 1.165) is 17.8 Å². The SMILES string of the molecule is [N-]=[N+]=NCc1ccc(C(=O)N2CCc3sccc3C2)s1. The lowest BCUT2D eigenvalue weighted by atomic mass is 10.1. The molecule has 0 saturated heterocycles. The number of thiophene rings is 2. The van der Waals surface area contributed by atoms with E-state index >= 15 is 0 Å². The first-order valence-electron chi connectivity index (χ1n) is 6.22. The van der Waals surface area contributed by atoms with E-state index in [1.807, 2.05) is 17.0 Å². The molecular weight excluding hydrogens is 292 g/mol. The number of nitrogens with zero attached hydrogens (tertiary/aromatic N) is 4. The Bertz CT molecular complexity index is 684. The summed E-state index contributed by atoms with van der Waals surface area (Å²) in [5.74, 6) is 0.0686. The molecule has 2 aromatic rings. The fourth-order valence-corrected chi connectivity index (χ4v) is 4.04. The number of amides is 1. The molecule has 3 heterocycles. The predicted molar refractivity (Wildman–Crippen MR) is 79.9 cm³/mol. The van der Waals surface area contributed by atoms with Crippen molar-refractivity contribution in [3.05, 3.63) is 54.2 Å². The maximum absolute atomic E-state index is 12.5. The van der Waals surface area contributed by atoms with Gasteiger partial charge in [-0.3, -0.25) is 4.79 Å². The fraction of sp³-hybridized carbons (Fsp3) is 0.308. The molecule has 1 aliphatic rings. The summed E-state index contributed by atoms with van der Waals surface area (Å²) in [5, 5.41) is 5.60. The predicted octanol–water partition coefficient (Wildman–Crippen LogP) is 3.82. The minimum absolute atomic E-state index is 0.0686. The van der Waals surface area contributed by atoms with Crippen molar-refractivity contribution >= 4 is 28.6 Å². The average molecular weight is 304 g/mol. The van der Waals surface area contributed by atoms with Crippen molar-refractivity contribution < 1.29 is 4.79 Å². The number of hydrogen-bond donors (Lipinski definition) is 0. The van der Waals surface area contributed by atoms with Crippen LogP contribution in [0.15, 0.2) is 28.7 Å². The summed E-state index contributed by atoms with van der Waals surface area (Å²) in [6.07, 6.45) is 0.940. The first-order valence-corrected chi connectivity index (χ1v) is 7.91. The summed E-state index contributed by atoms with van der Waals surface area (Å²) < 4.78 is 0. The molecule has 0 saturated carbocycles. The van der Waals surface area contributed by atoms with E-state index in [-0.39, 0.29) is 5.91 Å². The van der Waals surface area contributed by atoms with Crippen molar-refractivity contribution in [2.45, 2.75) is 19.5 Å². The smallest absolute Gasteiger partial charge is 0.264 e. The zero-order valence-corrected chi connectivity index (χ0v) is 12.3. The lowest BCUT2D eigenvalue weighted by Crippen LogP contribution is -2.34. The van der Waals surface area contributed by atoms with Gasteiger partial charge >= 0.3 is 0 Å². The van der Waals surface area contributed by atoms with E-state index in [0.29, 0.717) is 18.0 Å². The van der Waals surface area contributed by atoms with Gasteiger partial charge in [-0.2, -0.15) is 0 Å². The Labute approximate surface area is 124 Å². The Morgan fingerprint density at radius 2 is 2.35 bits per heavy atom. The van der Waals surface area contributed by atoms with Gasteiger partial charge in [-0.1, -0.05) is 5.11 Å². The molecule has 5 nitrogen and oxygen atoms in total. The van der Waals surface area contributed by atoms with Crippen molar-refractivity contribution in [3.63, 3.8) is 0 Å². The molecule has 0 bridgehead atoms. The molecule has 7 heteroatoms. The van der Waals surface area contributed by atoms with Gasteiger partial charge in [-0.25, -0.2) is 0 Å². The molecule has 0 fully saturated rings. The third-order valence-corrected chi connectivity index (χ3v) is 5.34. The van der Waals surface area contributed by atoms with Crippen molar-refractivity contribution in [1.82, 2.24) is 4.90 Å². The van der Waals surface area contributed by atoms with Crippen molar-refractivity contribution in [2.75, 3.05) is 6.54 Å². The van der Waals surface area contributed by atoms with Crippen molar-refractivity contribution in [1.29, 1.82) is 0 Å². The van der Waals surface area contributed by atoms with Crippen LogP contribution >= 0.6 is 22.7 Å². The number of azide groups is 1. The Hall–Kier alpha value is -1.82. The highest BCUT2D eigenvalue weighted by Crippen LogP contribution is 2.26. The van der Waals surface area contributed by atoms with E-state index in [9.17, 15) is 4.79 Å². The summed E-state index contributed by atoms with van der Waals surface area (Å²) in [4.78, 5) is 20.1. The van der Waals surface area contributed by atoms with Crippen LogP contribution in [0.3, 0.4) is 0 Å². The third kappa shape index (κ3) is 2.56. The maximum Gasteiger partial charge on any atom is 0.264 e. The van der Waals surface area contributed by atoms with Gasteiger partial charge < -0.3 is 4.90 Å². The molecule has 0 atom stereocenters. The monoisotopic (exact) mass is 304 g/mol. The minimum atomic E-state index is 0.0686. The van der Waals surface area contributed by atoms with Gasteiger partial charge in [0.25, 0.3) is 5.91 Å². The second-order valence-corrected chi connectivity index (χ2v) is 6.67. The molecule has 2 aromatic heterocycles. The maximum atomic E-state index is 12.5. The van der Waals surface area contributed by atoms with E-state index in [4.69, 9.17) is 5.53 Å². The summed E-state index contributed by atoms with van der Waals surface area (Å²) >= 11 is 3.17. The summed E-state index contributed by atoms with van der Waals surface area (Å²) in [5.41, 5.74) is 9.57. The number of fused-ring (bicyclic) bond motifs is 1. The van der Waals surface area contributed by atoms with Gasteiger partial charge in [-0.05, 0) is 41.1 Å². The lowest BCUT2D eigenvalue weighted by Gasteiger charge is -2.26. The van der Waals surface area contributed by atoms with Crippen LogP contribution in [-0.4, -0.2) is 17.4 Å². The molecule has 0 radical (unpaired) electrons. The first kappa shape index (κ1) is 13.2. The van der Waals surface area contributed by atoms with Crippen LogP contribution in [0.5, 0.6) is 0 Å². The first-order chi connectivity index (χ1) is 9.78. The van der Waals surface area contributed by atoms with Crippen LogP contribution < -0.4 is 0 Å². The molecule has 0 aliphatic carbocycles. The molecule has 102 valence electrons. The molecule has 0 aromatic carbocycles. The van der Waals surface area contributed by atoms with Crippen molar-refractivity contribution in [2.24, 2.45) is 5.11 Å². The van der Waals surface area contributed by atoms with Gasteiger partial charge in [0, 0.05) is 27.8 Å². The summed E-state index contributed by atoms with van der Waals surface area (Å²) in [6.45, 7) is 1.78. The van der Waals surface area contributed by atoms with Gasteiger partial charge in [0.15, 0.2) is 0 Å². The highest BCUT2D eigenvalue weighted by molar-refractivity contribution is 7.14. The number of hydrogen-bond acceptors (Lipinski definition) is 4. The number of carbonyl (C=O) groups is 1. The third-order valence-electron chi connectivity index (χ3n) is 3.26. The minimum Gasteiger partial charge on any atom is -0.333 e. The molecule has 1 aliphatic heterocycles. The highest BCUT2D eigenvalue weighted by atomic mass is 32.1. The van der Waals surface area contributed by atoms with E-state index < -0.39 is 0 Å². The zero-order valence-electron chi connectivity index (χ0n) is 10.7. The fourth-order valence-electron chi connectivity index (χ4n) is 2.26. The molecule has 3 rings (SSSR count). The largest absolute Gasteiger partial charge is 0.333 e. The van der Waals surface area contributed by atoms with E-state index in [1.165, 1.54) is 21.8 Å². The molecule has 1 amide bonds. The number of rotatable bonds is 3. The van der Waals surface area contributed by atoms with Gasteiger partial charge in [0.2, 0.25) is 0 Å². The normalized spacial score (nSPS) is 13.7.